The first-order chi connectivity index (χ1) is 14.2. The van der Waals surface area contributed by atoms with E-state index < -0.39 is 0 Å². The minimum Gasteiger partial charge on any atom is -0.253 e. The van der Waals surface area contributed by atoms with Crippen LogP contribution in [0.1, 0.15) is 23.4 Å². The maximum absolute atomic E-state index is 14.8. The van der Waals surface area contributed by atoms with Gasteiger partial charge in [0, 0.05) is 17.7 Å². The van der Waals surface area contributed by atoms with Crippen LogP contribution in [-0.4, -0.2) is 24.8 Å². The van der Waals surface area contributed by atoms with Crippen molar-refractivity contribution in [2.24, 2.45) is 0 Å². The number of hydrogen-bond donors (Lipinski definition) is 0. The zero-order valence-electron chi connectivity index (χ0n) is 15.5. The number of fused-ring (bicyclic) bond motifs is 1. The second-order valence-corrected chi connectivity index (χ2v) is 7.69. The summed E-state index contributed by atoms with van der Waals surface area (Å²) in [7, 11) is 0. The quantitative estimate of drug-likeness (QED) is 0.415. The van der Waals surface area contributed by atoms with Gasteiger partial charge in [-0.05, 0) is 29.3 Å². The van der Waals surface area contributed by atoms with E-state index in [1.54, 1.807) is 16.8 Å². The van der Waals surface area contributed by atoms with Crippen LogP contribution in [0.3, 0.4) is 0 Å². The van der Waals surface area contributed by atoms with Gasteiger partial charge in [0.15, 0.2) is 0 Å². The van der Waals surface area contributed by atoms with Crippen LogP contribution in [0, 0.1) is 5.82 Å². The van der Waals surface area contributed by atoms with E-state index in [-0.39, 0.29) is 11.7 Å². The van der Waals surface area contributed by atoms with Crippen LogP contribution in [-0.2, 0) is 0 Å². The highest BCUT2D eigenvalue weighted by Crippen LogP contribution is 2.32. The largest absolute Gasteiger partial charge is 0.253 e. The Morgan fingerprint density at radius 3 is 2.55 bits per heavy atom. The van der Waals surface area contributed by atoms with Crippen molar-refractivity contribution in [1.82, 2.24) is 24.8 Å². The molecule has 2 aromatic carbocycles. The Kier molecular flexibility index (Phi) is 4.37. The predicted octanol–water partition coefficient (Wildman–Crippen LogP) is 5.21. The van der Waals surface area contributed by atoms with Gasteiger partial charge in [-0.2, -0.15) is 9.61 Å². The summed E-state index contributed by atoms with van der Waals surface area (Å²) >= 11 is 1.45. The number of rotatable bonds is 4. The summed E-state index contributed by atoms with van der Waals surface area (Å²) in [4.78, 5) is 5.01. The van der Waals surface area contributed by atoms with Gasteiger partial charge in [0.05, 0.1) is 0 Å². The number of nitrogens with zero attached hydrogens (tertiary/aromatic N) is 5. The van der Waals surface area contributed by atoms with Gasteiger partial charge in [0.2, 0.25) is 10.8 Å². The molecule has 0 saturated carbocycles. The zero-order valence-corrected chi connectivity index (χ0v) is 16.3. The highest BCUT2D eigenvalue weighted by Gasteiger charge is 2.20. The molecule has 0 aliphatic rings. The first-order valence-corrected chi connectivity index (χ1v) is 10.0. The van der Waals surface area contributed by atoms with E-state index in [2.05, 4.69) is 20.3 Å². The molecule has 5 rings (SSSR count). The number of benzene rings is 2. The molecule has 0 amide bonds. The standard InChI is InChI=1S/C22H16FN5S/c1-14(16-10-11-17(18(23)13-16)15-7-3-2-4-8-15)21-27-28-20(25-26-22(28)29-21)19-9-5-6-12-24-19/h2-14H,1H3/t14-/m0/s1. The molecular formula is C22H16FN5S. The van der Waals surface area contributed by atoms with Crippen LogP contribution in [0.25, 0.3) is 27.6 Å². The normalized spacial score (nSPS) is 12.3. The molecule has 5 nitrogen and oxygen atoms in total. The van der Waals surface area contributed by atoms with Gasteiger partial charge in [0.1, 0.15) is 16.5 Å². The molecule has 29 heavy (non-hydrogen) atoms. The van der Waals surface area contributed by atoms with E-state index in [0.717, 1.165) is 16.1 Å². The van der Waals surface area contributed by atoms with Gasteiger partial charge in [-0.25, -0.2) is 4.39 Å². The molecule has 0 saturated heterocycles. The molecule has 142 valence electrons. The van der Waals surface area contributed by atoms with E-state index in [9.17, 15) is 4.39 Å². The fraction of sp³-hybridized carbons (Fsp3) is 0.0909. The lowest BCUT2D eigenvalue weighted by atomic mass is 9.97. The van der Waals surface area contributed by atoms with E-state index in [4.69, 9.17) is 0 Å². The average molecular weight is 401 g/mol. The van der Waals surface area contributed by atoms with E-state index in [1.807, 2.05) is 67.6 Å². The summed E-state index contributed by atoms with van der Waals surface area (Å²) in [5, 5.41) is 13.9. The van der Waals surface area contributed by atoms with Crippen molar-refractivity contribution in [3.8, 4) is 22.6 Å². The molecule has 0 bridgehead atoms. The van der Waals surface area contributed by atoms with Crippen LogP contribution in [0.15, 0.2) is 72.9 Å². The molecule has 5 aromatic rings. The predicted molar refractivity (Wildman–Crippen MR) is 111 cm³/mol. The molecule has 0 N–H and O–H groups in total. The number of pyridine rings is 1. The average Bonchev–Trinajstić information content (AvgIpc) is 3.35. The van der Waals surface area contributed by atoms with Gasteiger partial charge in [-0.3, -0.25) is 4.98 Å². The molecule has 7 heteroatoms. The highest BCUT2D eigenvalue weighted by atomic mass is 32.1. The smallest absolute Gasteiger partial charge is 0.235 e. The Balaban J connectivity index is 1.49. The first kappa shape index (κ1) is 17.6. The third-order valence-corrected chi connectivity index (χ3v) is 5.93. The van der Waals surface area contributed by atoms with Crippen molar-refractivity contribution < 1.29 is 4.39 Å². The van der Waals surface area contributed by atoms with Gasteiger partial charge >= 0.3 is 0 Å². The van der Waals surface area contributed by atoms with Crippen molar-refractivity contribution in [2.75, 3.05) is 0 Å². The molecule has 0 unspecified atom stereocenters. The Morgan fingerprint density at radius 2 is 1.79 bits per heavy atom. The highest BCUT2D eigenvalue weighted by molar-refractivity contribution is 7.16. The zero-order chi connectivity index (χ0) is 19.8. The Hall–Kier alpha value is -3.45. The fourth-order valence-electron chi connectivity index (χ4n) is 3.26. The summed E-state index contributed by atoms with van der Waals surface area (Å²) in [6.07, 6.45) is 1.71. The van der Waals surface area contributed by atoms with Gasteiger partial charge in [-0.1, -0.05) is 66.8 Å². The van der Waals surface area contributed by atoms with Crippen LogP contribution >= 0.6 is 11.3 Å². The molecule has 0 aliphatic heterocycles. The first-order valence-electron chi connectivity index (χ1n) is 9.19. The second kappa shape index (κ2) is 7.18. The van der Waals surface area contributed by atoms with E-state index in [1.165, 1.54) is 11.3 Å². The molecular weight excluding hydrogens is 385 g/mol. The molecule has 0 fully saturated rings. The molecule has 1 atom stereocenters. The van der Waals surface area contributed by atoms with E-state index >= 15 is 0 Å². The van der Waals surface area contributed by atoms with Crippen molar-refractivity contribution in [1.29, 1.82) is 0 Å². The lowest BCUT2D eigenvalue weighted by Crippen LogP contribution is -2.00. The summed E-state index contributed by atoms with van der Waals surface area (Å²) < 4.78 is 16.5. The lowest BCUT2D eigenvalue weighted by molar-refractivity contribution is 0.627. The topological polar surface area (TPSA) is 56.0 Å². The summed E-state index contributed by atoms with van der Waals surface area (Å²) in [6.45, 7) is 2.02. The van der Waals surface area contributed by atoms with Crippen molar-refractivity contribution in [3.05, 3.63) is 89.3 Å². The fourth-order valence-corrected chi connectivity index (χ4v) is 4.17. The van der Waals surface area contributed by atoms with Crippen LogP contribution in [0.5, 0.6) is 0 Å². The molecule has 3 heterocycles. The Morgan fingerprint density at radius 1 is 0.966 bits per heavy atom. The maximum Gasteiger partial charge on any atom is 0.235 e. The summed E-state index contributed by atoms with van der Waals surface area (Å²) in [6, 6.07) is 20.5. The van der Waals surface area contributed by atoms with Gasteiger partial charge in [0.25, 0.3) is 0 Å². The molecule has 3 aromatic heterocycles. The summed E-state index contributed by atoms with van der Waals surface area (Å²) in [5.74, 6) is 0.288. The Bertz CT molecular complexity index is 1280. The lowest BCUT2D eigenvalue weighted by Gasteiger charge is -2.11. The molecule has 0 aliphatic carbocycles. The van der Waals surface area contributed by atoms with Crippen LogP contribution in [0.4, 0.5) is 4.39 Å². The maximum atomic E-state index is 14.8. The monoisotopic (exact) mass is 401 g/mol. The second-order valence-electron chi connectivity index (χ2n) is 6.70. The van der Waals surface area contributed by atoms with Crippen LogP contribution < -0.4 is 0 Å². The SMILES string of the molecule is C[C@@H](c1ccc(-c2ccccc2)c(F)c1)c1nn2c(-c3ccccn3)nnc2s1. The van der Waals surface area contributed by atoms with Crippen molar-refractivity contribution in [3.63, 3.8) is 0 Å². The van der Waals surface area contributed by atoms with Gasteiger partial charge in [-0.15, -0.1) is 10.2 Å². The minimum absolute atomic E-state index is 0.0717. The van der Waals surface area contributed by atoms with Crippen molar-refractivity contribution >= 4 is 16.3 Å². The van der Waals surface area contributed by atoms with Gasteiger partial charge < -0.3 is 0 Å². The number of halogens is 1. The molecule has 0 spiro atoms. The third kappa shape index (κ3) is 3.19. The number of aromatic nitrogens is 5. The third-order valence-electron chi connectivity index (χ3n) is 4.85. The molecule has 0 radical (unpaired) electrons. The summed E-state index contributed by atoms with van der Waals surface area (Å²) in [5.41, 5.74) is 3.04. The van der Waals surface area contributed by atoms with E-state index in [0.29, 0.717) is 22.0 Å². The Labute approximate surface area is 170 Å². The minimum atomic E-state index is -0.238. The van der Waals surface area contributed by atoms with Crippen LogP contribution in [0.2, 0.25) is 0 Å². The van der Waals surface area contributed by atoms with Crippen molar-refractivity contribution in [2.45, 2.75) is 12.8 Å². The number of hydrogen-bond acceptors (Lipinski definition) is 5.